The van der Waals surface area contributed by atoms with E-state index in [2.05, 4.69) is 4.72 Å². The second kappa shape index (κ2) is 9.68. The number of nitrogen functional groups attached to an aromatic ring is 1. The van der Waals surface area contributed by atoms with E-state index in [1.54, 1.807) is 26.0 Å². The Kier molecular flexibility index (Phi) is 8.48. The molecule has 0 aromatic heterocycles. The number of nitrogens with one attached hydrogen (secondary N) is 1. The lowest BCUT2D eigenvalue weighted by molar-refractivity contribution is -0.138. The van der Waals surface area contributed by atoms with E-state index in [9.17, 15) is 27.8 Å². The van der Waals surface area contributed by atoms with E-state index < -0.39 is 47.1 Å². The van der Waals surface area contributed by atoms with Crippen LogP contribution < -0.4 is 10.5 Å². The summed E-state index contributed by atoms with van der Waals surface area (Å²) in [4.78, 5) is 22.3. The number of anilines is 1. The average molecular weight is 420 g/mol. The lowest BCUT2D eigenvalue weighted by Gasteiger charge is -2.29. The number of hydrogen-bond donors (Lipinski definition) is 4. The third kappa shape index (κ3) is 7.25. The molecular formula is C17H29N2O6PS. The van der Waals surface area contributed by atoms with Crippen molar-refractivity contribution in [2.45, 2.75) is 45.3 Å². The second-order valence-electron chi connectivity index (χ2n) is 6.98. The molecule has 1 aromatic rings. The van der Waals surface area contributed by atoms with E-state index in [1.165, 1.54) is 12.1 Å². The van der Waals surface area contributed by atoms with Crippen molar-refractivity contribution in [2.75, 3.05) is 17.6 Å². The Morgan fingerprint density at radius 1 is 1.33 bits per heavy atom. The fourth-order valence-electron chi connectivity index (χ4n) is 2.74. The lowest BCUT2D eigenvalue weighted by Crippen LogP contribution is -2.40. The standard InChI is InChI=1S/C17H29N2O6PS/c1-4-5-9-27(24,25)19-16(12(2)3)26(22,23)11-15(17(20)21)13-7-6-8-14(18)10-13/h6-8,10,12,15-16,19H,4-5,9,11,18H2,1-3H3,(H,20,21)(H,22,23). The van der Waals surface area contributed by atoms with Crippen molar-refractivity contribution in [1.82, 2.24) is 4.72 Å². The summed E-state index contributed by atoms with van der Waals surface area (Å²) in [7, 11) is -7.94. The van der Waals surface area contributed by atoms with Gasteiger partial charge in [-0.3, -0.25) is 9.36 Å². The molecule has 3 atom stereocenters. The van der Waals surface area contributed by atoms with Crippen molar-refractivity contribution in [1.29, 1.82) is 0 Å². The third-order valence-electron chi connectivity index (χ3n) is 4.19. The highest BCUT2D eigenvalue weighted by Crippen LogP contribution is 2.51. The van der Waals surface area contributed by atoms with Gasteiger partial charge in [0.2, 0.25) is 17.4 Å². The first-order valence-electron chi connectivity index (χ1n) is 8.79. The van der Waals surface area contributed by atoms with Crippen LogP contribution in [-0.2, 0) is 19.4 Å². The number of carboxylic acid groups (broad SMARTS) is 1. The van der Waals surface area contributed by atoms with Crippen molar-refractivity contribution in [2.24, 2.45) is 5.92 Å². The van der Waals surface area contributed by atoms with E-state index in [0.29, 0.717) is 24.1 Å². The quantitative estimate of drug-likeness (QED) is 0.317. The van der Waals surface area contributed by atoms with Crippen molar-refractivity contribution in [3.05, 3.63) is 29.8 Å². The Morgan fingerprint density at radius 2 is 1.96 bits per heavy atom. The molecule has 0 aliphatic rings. The van der Waals surface area contributed by atoms with Crippen LogP contribution in [0.1, 0.15) is 45.1 Å². The number of sulfonamides is 1. The molecule has 1 rings (SSSR count). The van der Waals surface area contributed by atoms with Gasteiger partial charge in [0, 0.05) is 11.8 Å². The first-order chi connectivity index (χ1) is 12.4. The minimum Gasteiger partial charge on any atom is -0.481 e. The molecule has 27 heavy (non-hydrogen) atoms. The highest BCUT2D eigenvalue weighted by atomic mass is 32.2. The average Bonchev–Trinajstić information content (AvgIpc) is 2.55. The maximum atomic E-state index is 13.0. The number of carboxylic acids is 1. The summed E-state index contributed by atoms with van der Waals surface area (Å²) < 4.78 is 39.7. The van der Waals surface area contributed by atoms with Crippen LogP contribution in [0.2, 0.25) is 0 Å². The maximum Gasteiger partial charge on any atom is 0.311 e. The van der Waals surface area contributed by atoms with E-state index >= 15 is 0 Å². The highest BCUT2D eigenvalue weighted by molar-refractivity contribution is 7.89. The van der Waals surface area contributed by atoms with Crippen molar-refractivity contribution in [3.63, 3.8) is 0 Å². The molecule has 0 aliphatic heterocycles. The topological polar surface area (TPSA) is 147 Å². The predicted molar refractivity (Wildman–Crippen MR) is 106 cm³/mol. The SMILES string of the molecule is CCCCS(=O)(=O)NC(C(C)C)P(=O)(O)CC(C(=O)O)c1cccc(N)c1. The van der Waals surface area contributed by atoms with Gasteiger partial charge in [0.05, 0.1) is 11.7 Å². The molecule has 0 heterocycles. The number of nitrogens with two attached hydrogens (primary N) is 1. The van der Waals surface area contributed by atoms with Gasteiger partial charge in [0.1, 0.15) is 5.78 Å². The zero-order valence-corrected chi connectivity index (χ0v) is 17.5. The number of aliphatic carboxylic acids is 1. The molecule has 8 nitrogen and oxygen atoms in total. The molecule has 0 saturated heterocycles. The predicted octanol–water partition coefficient (Wildman–Crippen LogP) is 2.41. The molecule has 10 heteroatoms. The number of rotatable bonds is 11. The van der Waals surface area contributed by atoms with Crippen LogP contribution in [0.5, 0.6) is 0 Å². The van der Waals surface area contributed by atoms with Crippen LogP contribution in [0.4, 0.5) is 5.69 Å². The molecule has 0 spiro atoms. The van der Waals surface area contributed by atoms with Gasteiger partial charge in [-0.15, -0.1) is 0 Å². The van der Waals surface area contributed by atoms with Crippen LogP contribution in [0.25, 0.3) is 0 Å². The van der Waals surface area contributed by atoms with Crippen LogP contribution in [0, 0.1) is 5.92 Å². The molecule has 5 N–H and O–H groups in total. The molecule has 0 aliphatic carbocycles. The van der Waals surface area contributed by atoms with Gasteiger partial charge in [0.15, 0.2) is 0 Å². The fourth-order valence-corrected chi connectivity index (χ4v) is 7.35. The molecule has 0 fully saturated rings. The summed E-state index contributed by atoms with van der Waals surface area (Å²) in [6, 6.07) is 6.11. The molecule has 0 radical (unpaired) electrons. The van der Waals surface area contributed by atoms with E-state index in [-0.39, 0.29) is 5.75 Å². The van der Waals surface area contributed by atoms with Gasteiger partial charge in [-0.1, -0.05) is 39.3 Å². The van der Waals surface area contributed by atoms with Crippen LogP contribution in [0.3, 0.4) is 0 Å². The Hall–Kier alpha value is -1.41. The minimum atomic E-state index is -4.19. The number of carbonyl (C=O) groups is 1. The number of unbranched alkanes of at least 4 members (excludes halogenated alkanes) is 1. The van der Waals surface area contributed by atoms with Gasteiger partial charge in [0.25, 0.3) is 0 Å². The summed E-state index contributed by atoms with van der Waals surface area (Å²) in [6.07, 6.45) is 0.502. The summed E-state index contributed by atoms with van der Waals surface area (Å²) in [5, 5.41) is 9.54. The first kappa shape index (κ1) is 23.6. The van der Waals surface area contributed by atoms with Crippen LogP contribution >= 0.6 is 7.37 Å². The summed E-state index contributed by atoms with van der Waals surface area (Å²) in [6.45, 7) is 5.08. The molecule has 0 saturated carbocycles. The minimum absolute atomic E-state index is 0.149. The van der Waals surface area contributed by atoms with Gasteiger partial charge < -0.3 is 15.7 Å². The Morgan fingerprint density at radius 3 is 2.44 bits per heavy atom. The molecule has 154 valence electrons. The smallest absolute Gasteiger partial charge is 0.311 e. The zero-order chi connectivity index (χ0) is 20.8. The van der Waals surface area contributed by atoms with E-state index in [4.69, 9.17) is 5.73 Å². The van der Waals surface area contributed by atoms with Gasteiger partial charge in [-0.2, -0.15) is 0 Å². The highest BCUT2D eigenvalue weighted by Gasteiger charge is 2.40. The van der Waals surface area contributed by atoms with Crippen LogP contribution in [0.15, 0.2) is 24.3 Å². The largest absolute Gasteiger partial charge is 0.481 e. The molecule has 3 unspecified atom stereocenters. The molecule has 1 aromatic carbocycles. The Balaban J connectivity index is 3.14. The monoisotopic (exact) mass is 420 g/mol. The summed E-state index contributed by atoms with van der Waals surface area (Å²) in [5.74, 6) is -4.45. The maximum absolute atomic E-state index is 13.0. The molecule has 0 amide bonds. The van der Waals surface area contributed by atoms with Crippen molar-refractivity contribution < 1.29 is 27.8 Å². The van der Waals surface area contributed by atoms with Gasteiger partial charge in [-0.05, 0) is 30.0 Å². The Bertz CT molecular complexity index is 796. The third-order valence-corrected chi connectivity index (χ3v) is 8.29. The zero-order valence-electron chi connectivity index (χ0n) is 15.8. The summed E-state index contributed by atoms with van der Waals surface area (Å²) in [5.41, 5.74) is 6.32. The van der Waals surface area contributed by atoms with Gasteiger partial charge in [-0.25, -0.2) is 13.1 Å². The summed E-state index contributed by atoms with van der Waals surface area (Å²) >= 11 is 0. The van der Waals surface area contributed by atoms with Crippen molar-refractivity contribution >= 4 is 29.0 Å². The van der Waals surface area contributed by atoms with E-state index in [0.717, 1.165) is 0 Å². The molecular weight excluding hydrogens is 391 g/mol. The van der Waals surface area contributed by atoms with Crippen LogP contribution in [-0.4, -0.2) is 42.1 Å². The normalized spacial score (nSPS) is 16.6. The van der Waals surface area contributed by atoms with Gasteiger partial charge >= 0.3 is 5.97 Å². The number of hydrogen-bond acceptors (Lipinski definition) is 5. The fraction of sp³-hybridized carbons (Fsp3) is 0.588. The second-order valence-corrected chi connectivity index (χ2v) is 11.3. The van der Waals surface area contributed by atoms with E-state index in [1.807, 2.05) is 6.92 Å². The Labute approximate surface area is 160 Å². The number of benzene rings is 1. The van der Waals surface area contributed by atoms with Crippen molar-refractivity contribution in [3.8, 4) is 0 Å². The molecule has 0 bridgehead atoms. The lowest BCUT2D eigenvalue weighted by atomic mass is 10.0. The first-order valence-corrected chi connectivity index (χ1v) is 12.4.